The van der Waals surface area contributed by atoms with Crippen molar-refractivity contribution in [3.05, 3.63) is 29.3 Å². The van der Waals surface area contributed by atoms with Crippen LogP contribution in [0.3, 0.4) is 0 Å². The first kappa shape index (κ1) is 14.7. The summed E-state index contributed by atoms with van der Waals surface area (Å²) in [5, 5.41) is 7.20. The van der Waals surface area contributed by atoms with Crippen LogP contribution in [0.15, 0.2) is 29.2 Å². The molecular weight excluding hydrogens is 280 g/mol. The molecule has 19 heavy (non-hydrogen) atoms. The zero-order chi connectivity index (χ0) is 13.7. The number of piperidine rings is 1. The molecule has 0 saturated carbocycles. The molecule has 2 N–H and O–H groups in total. The average molecular weight is 299 g/mol. The predicted molar refractivity (Wildman–Crippen MR) is 80.8 cm³/mol. The summed E-state index contributed by atoms with van der Waals surface area (Å²) in [6.07, 6.45) is 2.03. The third-order valence-electron chi connectivity index (χ3n) is 3.17. The second-order valence-electron chi connectivity index (χ2n) is 4.89. The lowest BCUT2D eigenvalue weighted by Gasteiger charge is -2.28. The Morgan fingerprint density at radius 2 is 2.21 bits per heavy atom. The van der Waals surface area contributed by atoms with Crippen LogP contribution < -0.4 is 10.6 Å². The van der Waals surface area contributed by atoms with E-state index in [1.54, 1.807) is 11.8 Å². The molecular formula is C14H19ClN2OS. The molecule has 0 bridgehead atoms. The van der Waals surface area contributed by atoms with Gasteiger partial charge in [-0.05, 0) is 50.6 Å². The van der Waals surface area contributed by atoms with E-state index < -0.39 is 0 Å². The van der Waals surface area contributed by atoms with Crippen molar-refractivity contribution >= 4 is 29.3 Å². The molecule has 0 radical (unpaired) electrons. The molecule has 0 aromatic heterocycles. The lowest BCUT2D eigenvalue weighted by Crippen LogP contribution is -2.47. The van der Waals surface area contributed by atoms with Crippen LogP contribution in [0.25, 0.3) is 0 Å². The molecule has 2 unspecified atom stereocenters. The van der Waals surface area contributed by atoms with Crippen molar-refractivity contribution in [2.45, 2.75) is 36.7 Å². The maximum atomic E-state index is 11.9. The highest BCUT2D eigenvalue weighted by molar-refractivity contribution is 8.00. The van der Waals surface area contributed by atoms with E-state index in [1.807, 2.05) is 24.3 Å². The zero-order valence-corrected chi connectivity index (χ0v) is 12.6. The standard InChI is InChI=1S/C14H19ClN2OS/c1-10-8-12(6-7-16-10)17-14(18)9-19-13-4-2-11(15)3-5-13/h2-5,10,12,16H,6-9H2,1H3,(H,17,18). The molecule has 0 aliphatic carbocycles. The van der Waals surface area contributed by atoms with Crippen molar-refractivity contribution in [2.75, 3.05) is 12.3 Å². The van der Waals surface area contributed by atoms with Gasteiger partial charge in [-0.3, -0.25) is 4.79 Å². The molecule has 2 atom stereocenters. The second kappa shape index (κ2) is 7.17. The molecule has 1 amide bonds. The van der Waals surface area contributed by atoms with Gasteiger partial charge in [0.2, 0.25) is 5.91 Å². The van der Waals surface area contributed by atoms with Gasteiger partial charge < -0.3 is 10.6 Å². The van der Waals surface area contributed by atoms with Crippen molar-refractivity contribution in [3.8, 4) is 0 Å². The highest BCUT2D eigenvalue weighted by atomic mass is 35.5. The van der Waals surface area contributed by atoms with E-state index in [0.717, 1.165) is 29.3 Å². The van der Waals surface area contributed by atoms with Gasteiger partial charge in [0.1, 0.15) is 0 Å². The number of hydrogen-bond acceptors (Lipinski definition) is 3. The summed E-state index contributed by atoms with van der Waals surface area (Å²) in [6, 6.07) is 8.37. The van der Waals surface area contributed by atoms with Gasteiger partial charge in [0.15, 0.2) is 0 Å². The van der Waals surface area contributed by atoms with E-state index in [4.69, 9.17) is 11.6 Å². The summed E-state index contributed by atoms with van der Waals surface area (Å²) >= 11 is 7.36. The Hall–Kier alpha value is -0.710. The van der Waals surface area contributed by atoms with Crippen molar-refractivity contribution in [2.24, 2.45) is 0 Å². The van der Waals surface area contributed by atoms with Crippen molar-refractivity contribution in [3.63, 3.8) is 0 Å². The molecule has 0 spiro atoms. The number of rotatable bonds is 4. The van der Waals surface area contributed by atoms with E-state index in [1.165, 1.54) is 0 Å². The second-order valence-corrected chi connectivity index (χ2v) is 6.37. The minimum atomic E-state index is 0.110. The fourth-order valence-corrected chi connectivity index (χ4v) is 3.05. The SMILES string of the molecule is CC1CC(NC(=O)CSc2ccc(Cl)cc2)CCN1. The Bertz CT molecular complexity index is 424. The van der Waals surface area contributed by atoms with E-state index >= 15 is 0 Å². The Kier molecular flexibility index (Phi) is 5.55. The molecule has 1 aliphatic rings. The highest BCUT2D eigenvalue weighted by Gasteiger charge is 2.19. The monoisotopic (exact) mass is 298 g/mol. The lowest BCUT2D eigenvalue weighted by atomic mass is 10.0. The summed E-state index contributed by atoms with van der Waals surface area (Å²) in [6.45, 7) is 3.14. The first-order valence-corrected chi connectivity index (χ1v) is 7.91. The first-order chi connectivity index (χ1) is 9.13. The number of nitrogens with one attached hydrogen (secondary N) is 2. The molecule has 1 heterocycles. The molecule has 1 aromatic rings. The van der Waals surface area contributed by atoms with Gasteiger partial charge in [-0.15, -0.1) is 11.8 Å². The summed E-state index contributed by atoms with van der Waals surface area (Å²) in [4.78, 5) is 12.9. The molecule has 3 nitrogen and oxygen atoms in total. The average Bonchev–Trinajstić information content (AvgIpc) is 2.38. The van der Waals surface area contributed by atoms with Gasteiger partial charge in [-0.25, -0.2) is 0 Å². The van der Waals surface area contributed by atoms with Crippen molar-refractivity contribution in [1.29, 1.82) is 0 Å². The number of thioether (sulfide) groups is 1. The van der Waals surface area contributed by atoms with Crippen LogP contribution in [0.4, 0.5) is 0 Å². The van der Waals surface area contributed by atoms with Gasteiger partial charge in [0.05, 0.1) is 5.75 Å². The summed E-state index contributed by atoms with van der Waals surface area (Å²) in [5.74, 6) is 0.569. The first-order valence-electron chi connectivity index (χ1n) is 6.54. The van der Waals surface area contributed by atoms with Gasteiger partial charge in [-0.2, -0.15) is 0 Å². The predicted octanol–water partition coefficient (Wildman–Crippen LogP) is 2.69. The quantitative estimate of drug-likeness (QED) is 0.840. The van der Waals surface area contributed by atoms with Gasteiger partial charge in [0, 0.05) is 22.0 Å². The number of amides is 1. The maximum Gasteiger partial charge on any atom is 0.230 e. The van der Waals surface area contributed by atoms with E-state index in [9.17, 15) is 4.79 Å². The fraction of sp³-hybridized carbons (Fsp3) is 0.500. The third-order valence-corrected chi connectivity index (χ3v) is 4.44. The summed E-state index contributed by atoms with van der Waals surface area (Å²) in [7, 11) is 0. The van der Waals surface area contributed by atoms with Crippen LogP contribution in [-0.2, 0) is 4.79 Å². The molecule has 1 aliphatic heterocycles. The van der Waals surface area contributed by atoms with Crippen LogP contribution >= 0.6 is 23.4 Å². The molecule has 1 saturated heterocycles. The van der Waals surface area contributed by atoms with Crippen molar-refractivity contribution < 1.29 is 4.79 Å². The van der Waals surface area contributed by atoms with Crippen LogP contribution in [0.2, 0.25) is 5.02 Å². The lowest BCUT2D eigenvalue weighted by molar-refractivity contribution is -0.119. The van der Waals surface area contributed by atoms with Crippen molar-refractivity contribution in [1.82, 2.24) is 10.6 Å². The fourth-order valence-electron chi connectivity index (χ4n) is 2.21. The Morgan fingerprint density at radius 3 is 2.89 bits per heavy atom. The van der Waals surface area contributed by atoms with Crippen LogP contribution in [-0.4, -0.2) is 30.3 Å². The summed E-state index contributed by atoms with van der Waals surface area (Å²) in [5.41, 5.74) is 0. The van der Waals surface area contributed by atoms with E-state index in [0.29, 0.717) is 17.8 Å². The largest absolute Gasteiger partial charge is 0.353 e. The minimum absolute atomic E-state index is 0.110. The molecule has 1 aromatic carbocycles. The van der Waals surface area contributed by atoms with E-state index in [2.05, 4.69) is 17.6 Å². The number of halogens is 1. The maximum absolute atomic E-state index is 11.9. The Balaban J connectivity index is 1.73. The van der Waals surface area contributed by atoms with Crippen LogP contribution in [0, 0.1) is 0 Å². The normalized spacial score (nSPS) is 23.1. The highest BCUT2D eigenvalue weighted by Crippen LogP contribution is 2.20. The minimum Gasteiger partial charge on any atom is -0.353 e. The number of hydrogen-bond donors (Lipinski definition) is 2. The smallest absolute Gasteiger partial charge is 0.230 e. The molecule has 104 valence electrons. The topological polar surface area (TPSA) is 41.1 Å². The molecule has 1 fully saturated rings. The summed E-state index contributed by atoms with van der Waals surface area (Å²) < 4.78 is 0. The molecule has 5 heteroatoms. The Morgan fingerprint density at radius 1 is 1.47 bits per heavy atom. The van der Waals surface area contributed by atoms with Crippen LogP contribution in [0.1, 0.15) is 19.8 Å². The third kappa shape index (κ3) is 5.05. The van der Waals surface area contributed by atoms with Gasteiger partial charge in [0.25, 0.3) is 0 Å². The number of carbonyl (C=O) groups is 1. The van der Waals surface area contributed by atoms with Crippen LogP contribution in [0.5, 0.6) is 0 Å². The Labute approximate surface area is 123 Å². The van der Waals surface area contributed by atoms with Gasteiger partial charge >= 0.3 is 0 Å². The number of carbonyl (C=O) groups excluding carboxylic acids is 1. The zero-order valence-electron chi connectivity index (χ0n) is 11.0. The molecule has 2 rings (SSSR count). The van der Waals surface area contributed by atoms with E-state index in [-0.39, 0.29) is 5.91 Å². The van der Waals surface area contributed by atoms with Gasteiger partial charge in [-0.1, -0.05) is 11.6 Å². The number of benzene rings is 1.